The Morgan fingerprint density at radius 2 is 1.93 bits per heavy atom. The van der Waals surface area contributed by atoms with Gasteiger partial charge in [0.1, 0.15) is 5.82 Å². The number of nitro groups is 1. The van der Waals surface area contributed by atoms with E-state index < -0.39 is 4.92 Å². The van der Waals surface area contributed by atoms with Crippen LogP contribution in [0, 0.1) is 10.1 Å². The van der Waals surface area contributed by atoms with Gasteiger partial charge in [0.15, 0.2) is 0 Å². The van der Waals surface area contributed by atoms with Gasteiger partial charge in [-0.3, -0.25) is 14.9 Å². The molecule has 0 fully saturated rings. The van der Waals surface area contributed by atoms with Crippen LogP contribution >= 0.6 is 11.8 Å². The van der Waals surface area contributed by atoms with Gasteiger partial charge in [-0.05, 0) is 24.1 Å². The van der Waals surface area contributed by atoms with Gasteiger partial charge in [0.05, 0.1) is 22.2 Å². The van der Waals surface area contributed by atoms with Crippen molar-refractivity contribution in [3.63, 3.8) is 0 Å². The van der Waals surface area contributed by atoms with Crippen molar-refractivity contribution in [1.82, 2.24) is 9.78 Å². The minimum absolute atomic E-state index is 0.0183. The summed E-state index contributed by atoms with van der Waals surface area (Å²) in [6.07, 6.45) is 0.679. The molecule has 7 nitrogen and oxygen atoms in total. The maximum Gasteiger partial charge on any atom is 0.269 e. The third-order valence-electron chi connectivity index (χ3n) is 5.03. The van der Waals surface area contributed by atoms with E-state index in [0.717, 1.165) is 28.3 Å². The van der Waals surface area contributed by atoms with Crippen LogP contribution in [0.4, 0.5) is 11.5 Å². The maximum atomic E-state index is 13.1. The summed E-state index contributed by atoms with van der Waals surface area (Å²) < 4.78 is 1.68. The van der Waals surface area contributed by atoms with Gasteiger partial charge in [-0.15, -0.1) is 0 Å². The van der Waals surface area contributed by atoms with Crippen LogP contribution in [-0.4, -0.2) is 20.6 Å². The zero-order valence-corrected chi connectivity index (χ0v) is 16.7. The number of nitrogens with zero attached hydrogens (tertiary/aromatic N) is 3. The molecule has 1 aliphatic heterocycles. The van der Waals surface area contributed by atoms with Gasteiger partial charge in [-0.2, -0.15) is 16.9 Å². The first kappa shape index (κ1) is 19.2. The molecule has 3 aromatic rings. The molecule has 0 radical (unpaired) electrons. The molecule has 1 N–H and O–H groups in total. The molecule has 4 rings (SSSR count). The number of carbonyl (C=O) groups excluding carboxylic acids is 1. The predicted molar refractivity (Wildman–Crippen MR) is 113 cm³/mol. The first-order valence-electron chi connectivity index (χ1n) is 9.37. The number of fused-ring (bicyclic) bond motifs is 1. The fraction of sp³-hybridized carbons (Fsp3) is 0.238. The van der Waals surface area contributed by atoms with Crippen LogP contribution in [-0.2, 0) is 16.3 Å². The molecule has 0 saturated carbocycles. The van der Waals surface area contributed by atoms with E-state index in [1.165, 1.54) is 12.1 Å². The summed E-state index contributed by atoms with van der Waals surface area (Å²) in [6.45, 7) is 1.99. The lowest BCUT2D eigenvalue weighted by molar-refractivity contribution is -0.384. The van der Waals surface area contributed by atoms with Crippen molar-refractivity contribution in [3.05, 3.63) is 81.5 Å². The van der Waals surface area contributed by atoms with Gasteiger partial charge in [0, 0.05) is 29.2 Å². The summed E-state index contributed by atoms with van der Waals surface area (Å²) >= 11 is 1.76. The number of nitro benzene ring substituents is 1. The first-order valence-corrected chi connectivity index (χ1v) is 10.5. The van der Waals surface area contributed by atoms with Gasteiger partial charge in [-0.1, -0.05) is 37.3 Å². The van der Waals surface area contributed by atoms with E-state index in [9.17, 15) is 14.9 Å². The molecule has 0 aliphatic carbocycles. The van der Waals surface area contributed by atoms with E-state index in [2.05, 4.69) is 10.4 Å². The van der Waals surface area contributed by atoms with Crippen molar-refractivity contribution in [2.75, 3.05) is 5.32 Å². The quantitative estimate of drug-likeness (QED) is 0.473. The van der Waals surface area contributed by atoms with Crippen molar-refractivity contribution in [2.24, 2.45) is 0 Å². The van der Waals surface area contributed by atoms with E-state index in [1.807, 2.05) is 37.3 Å². The Kier molecular flexibility index (Phi) is 5.35. The zero-order valence-electron chi connectivity index (χ0n) is 15.9. The first-order chi connectivity index (χ1) is 14.1. The number of carbonyl (C=O) groups is 1. The average Bonchev–Trinajstić information content (AvgIpc) is 3.32. The van der Waals surface area contributed by atoms with Gasteiger partial charge < -0.3 is 5.32 Å². The lowest BCUT2D eigenvalue weighted by atomic mass is 9.95. The van der Waals surface area contributed by atoms with Gasteiger partial charge in [-0.25, -0.2) is 4.68 Å². The molecule has 1 aromatic heterocycles. The van der Waals surface area contributed by atoms with Gasteiger partial charge in [0.25, 0.3) is 5.69 Å². The molecule has 1 atom stereocenters. The minimum Gasteiger partial charge on any atom is -0.310 e. The second kappa shape index (κ2) is 8.08. The highest BCUT2D eigenvalue weighted by atomic mass is 32.2. The molecular formula is C21H20N4O3S. The summed E-state index contributed by atoms with van der Waals surface area (Å²) in [7, 11) is 0. The number of hydrogen-bond acceptors (Lipinski definition) is 5. The highest BCUT2D eigenvalue weighted by molar-refractivity contribution is 7.98. The topological polar surface area (TPSA) is 90.1 Å². The summed E-state index contributed by atoms with van der Waals surface area (Å²) in [5.74, 6) is 1.87. The van der Waals surface area contributed by atoms with Crippen molar-refractivity contribution < 1.29 is 9.72 Å². The van der Waals surface area contributed by atoms with Crippen molar-refractivity contribution in [2.45, 2.75) is 30.8 Å². The molecular weight excluding hydrogens is 388 g/mol. The standard InChI is InChI=1S/C21H20N4O3S/c1-2-17(14-6-4-3-5-7-14)21(26)22-20-18-12-29-13-19(18)23-24(20)15-8-10-16(11-9-15)25(27)28/h3-11,17H,2,12-13H2,1H3,(H,22,26). The predicted octanol–water partition coefficient (Wildman–Crippen LogP) is 4.66. The summed E-state index contributed by atoms with van der Waals surface area (Å²) in [5, 5.41) is 18.7. The molecule has 1 unspecified atom stereocenters. The van der Waals surface area contributed by atoms with Crippen LogP contribution in [0.1, 0.15) is 36.1 Å². The molecule has 0 spiro atoms. The zero-order chi connectivity index (χ0) is 20.4. The molecule has 0 saturated heterocycles. The van der Waals surface area contributed by atoms with Crippen LogP contribution in [0.25, 0.3) is 5.69 Å². The fourth-order valence-electron chi connectivity index (χ4n) is 3.51. The summed E-state index contributed by atoms with van der Waals surface area (Å²) in [5.41, 5.74) is 3.63. The second-order valence-corrected chi connectivity index (χ2v) is 7.80. The second-order valence-electron chi connectivity index (χ2n) is 6.81. The molecule has 2 aromatic carbocycles. The van der Waals surface area contributed by atoms with Crippen molar-refractivity contribution >= 4 is 29.2 Å². The Hall–Kier alpha value is -3.13. The summed E-state index contributed by atoms with van der Waals surface area (Å²) in [4.78, 5) is 23.6. The number of anilines is 1. The number of thioether (sulfide) groups is 1. The Morgan fingerprint density at radius 1 is 1.21 bits per heavy atom. The normalized spacial score (nSPS) is 13.7. The van der Waals surface area contributed by atoms with Gasteiger partial charge in [0.2, 0.25) is 5.91 Å². The lowest BCUT2D eigenvalue weighted by Gasteiger charge is -2.17. The largest absolute Gasteiger partial charge is 0.310 e. The molecule has 1 aliphatic rings. The molecule has 29 heavy (non-hydrogen) atoms. The summed E-state index contributed by atoms with van der Waals surface area (Å²) in [6, 6.07) is 15.9. The number of aromatic nitrogens is 2. The van der Waals surface area contributed by atoms with Crippen LogP contribution in [0.2, 0.25) is 0 Å². The van der Waals surface area contributed by atoms with E-state index >= 15 is 0 Å². The van der Waals surface area contributed by atoms with Crippen LogP contribution in [0.3, 0.4) is 0 Å². The molecule has 2 heterocycles. The van der Waals surface area contributed by atoms with Crippen molar-refractivity contribution in [1.29, 1.82) is 0 Å². The fourth-order valence-corrected chi connectivity index (χ4v) is 4.54. The number of benzene rings is 2. The van der Waals surface area contributed by atoms with E-state index in [1.54, 1.807) is 28.6 Å². The number of hydrogen-bond donors (Lipinski definition) is 1. The number of non-ortho nitro benzene ring substituents is 1. The number of nitrogens with one attached hydrogen (secondary N) is 1. The van der Waals surface area contributed by atoms with E-state index in [-0.39, 0.29) is 17.5 Å². The highest BCUT2D eigenvalue weighted by Gasteiger charge is 2.27. The Balaban J connectivity index is 1.68. The molecule has 8 heteroatoms. The van der Waals surface area contributed by atoms with Crippen LogP contribution in [0.5, 0.6) is 0 Å². The third-order valence-corrected chi connectivity index (χ3v) is 6.00. The Morgan fingerprint density at radius 3 is 2.59 bits per heavy atom. The third kappa shape index (κ3) is 3.75. The molecule has 0 bridgehead atoms. The Bertz CT molecular complexity index is 1050. The average molecular weight is 408 g/mol. The SMILES string of the molecule is CCC(C(=O)Nc1c2c(nn1-c1ccc([N+](=O)[O-])cc1)CSC2)c1ccccc1. The maximum absolute atomic E-state index is 13.1. The highest BCUT2D eigenvalue weighted by Crippen LogP contribution is 2.37. The lowest BCUT2D eigenvalue weighted by Crippen LogP contribution is -2.23. The minimum atomic E-state index is -0.433. The number of rotatable bonds is 6. The van der Waals surface area contributed by atoms with E-state index in [0.29, 0.717) is 17.9 Å². The number of amides is 1. The van der Waals surface area contributed by atoms with Crippen molar-refractivity contribution in [3.8, 4) is 5.69 Å². The monoisotopic (exact) mass is 408 g/mol. The molecule has 1 amide bonds. The molecule has 148 valence electrons. The van der Waals surface area contributed by atoms with E-state index in [4.69, 9.17) is 0 Å². The van der Waals surface area contributed by atoms with Crippen LogP contribution in [0.15, 0.2) is 54.6 Å². The smallest absolute Gasteiger partial charge is 0.269 e. The van der Waals surface area contributed by atoms with Crippen LogP contribution < -0.4 is 5.32 Å². The van der Waals surface area contributed by atoms with Gasteiger partial charge >= 0.3 is 0 Å². The Labute approximate surface area is 172 Å².